The van der Waals surface area contributed by atoms with Crippen molar-refractivity contribution in [2.75, 3.05) is 5.75 Å². The first kappa shape index (κ1) is 21.4. The Bertz CT molecular complexity index is 1240. The van der Waals surface area contributed by atoms with Gasteiger partial charge in [-0.05, 0) is 37.3 Å². The van der Waals surface area contributed by atoms with Crippen LogP contribution < -0.4 is 5.43 Å². The molecule has 0 bridgehead atoms. The minimum absolute atomic E-state index is 0.0644. The van der Waals surface area contributed by atoms with Crippen molar-refractivity contribution in [3.05, 3.63) is 90.0 Å². The van der Waals surface area contributed by atoms with Crippen LogP contribution in [-0.2, 0) is 4.79 Å². The zero-order valence-corrected chi connectivity index (χ0v) is 18.0. The molecule has 0 saturated heterocycles. The first-order chi connectivity index (χ1) is 15.6. The molecule has 0 spiro atoms. The van der Waals surface area contributed by atoms with Crippen LogP contribution in [0, 0.1) is 12.7 Å². The summed E-state index contributed by atoms with van der Waals surface area (Å²) in [6.45, 7) is 2.02. The van der Waals surface area contributed by atoms with Crippen LogP contribution in [-0.4, -0.2) is 37.6 Å². The molecule has 0 aliphatic heterocycles. The maximum absolute atomic E-state index is 13.6. The van der Waals surface area contributed by atoms with Crippen molar-refractivity contribution >= 4 is 23.9 Å². The minimum Gasteiger partial charge on any atom is -0.272 e. The number of benzene rings is 2. The Morgan fingerprint density at radius 1 is 1.09 bits per heavy atom. The van der Waals surface area contributed by atoms with Gasteiger partial charge in [0.25, 0.3) is 5.91 Å². The molecule has 0 aliphatic carbocycles. The fourth-order valence-electron chi connectivity index (χ4n) is 2.89. The molecule has 9 heteroatoms. The van der Waals surface area contributed by atoms with Gasteiger partial charge in [0.15, 0.2) is 11.0 Å². The SMILES string of the molecule is Cc1ccc(-n2c(SCC(=O)NN=Cc3ccccc3F)nnc2-c2ccncc2)cc1. The number of carbonyl (C=O) groups is 1. The number of thioether (sulfide) groups is 1. The number of rotatable bonds is 7. The van der Waals surface area contributed by atoms with Gasteiger partial charge in [0.05, 0.1) is 12.0 Å². The summed E-state index contributed by atoms with van der Waals surface area (Å²) in [7, 11) is 0. The normalized spacial score (nSPS) is 11.1. The van der Waals surface area contributed by atoms with Crippen molar-refractivity contribution in [3.63, 3.8) is 0 Å². The van der Waals surface area contributed by atoms with E-state index in [2.05, 4.69) is 25.7 Å². The summed E-state index contributed by atoms with van der Waals surface area (Å²) in [5, 5.41) is 13.0. The first-order valence-electron chi connectivity index (χ1n) is 9.74. The molecule has 4 rings (SSSR count). The largest absolute Gasteiger partial charge is 0.272 e. The lowest BCUT2D eigenvalue weighted by Gasteiger charge is -2.10. The molecule has 2 aromatic carbocycles. The van der Waals surface area contributed by atoms with E-state index < -0.39 is 5.82 Å². The quantitative estimate of drug-likeness (QED) is 0.263. The molecule has 0 aliphatic rings. The number of hydrogen-bond acceptors (Lipinski definition) is 6. The summed E-state index contributed by atoms with van der Waals surface area (Å²) in [6.07, 6.45) is 4.66. The van der Waals surface area contributed by atoms with Gasteiger partial charge in [-0.15, -0.1) is 10.2 Å². The zero-order chi connectivity index (χ0) is 22.3. The second kappa shape index (κ2) is 9.97. The highest BCUT2D eigenvalue weighted by atomic mass is 32.2. The lowest BCUT2D eigenvalue weighted by atomic mass is 10.2. The molecule has 0 unspecified atom stereocenters. The smallest absolute Gasteiger partial charge is 0.250 e. The number of aromatic nitrogens is 4. The molecule has 0 atom stereocenters. The van der Waals surface area contributed by atoms with Crippen molar-refractivity contribution in [1.29, 1.82) is 0 Å². The van der Waals surface area contributed by atoms with Crippen LogP contribution in [0.1, 0.15) is 11.1 Å². The Balaban J connectivity index is 1.51. The highest BCUT2D eigenvalue weighted by molar-refractivity contribution is 7.99. The van der Waals surface area contributed by atoms with Crippen LogP contribution in [0.3, 0.4) is 0 Å². The van der Waals surface area contributed by atoms with E-state index in [4.69, 9.17) is 0 Å². The molecule has 0 fully saturated rings. The molecule has 2 aromatic heterocycles. The number of hydrogen-bond donors (Lipinski definition) is 1. The Morgan fingerprint density at radius 2 is 1.84 bits per heavy atom. The number of aryl methyl sites for hydroxylation is 1. The van der Waals surface area contributed by atoms with Gasteiger partial charge in [-0.3, -0.25) is 14.3 Å². The monoisotopic (exact) mass is 446 g/mol. The maximum Gasteiger partial charge on any atom is 0.250 e. The number of carbonyl (C=O) groups excluding carboxylic acids is 1. The summed E-state index contributed by atoms with van der Waals surface area (Å²) < 4.78 is 15.5. The average molecular weight is 447 g/mol. The lowest BCUT2D eigenvalue weighted by molar-refractivity contribution is -0.118. The Morgan fingerprint density at radius 3 is 2.59 bits per heavy atom. The molecule has 1 amide bonds. The minimum atomic E-state index is -0.408. The number of hydrazone groups is 1. The molecule has 32 heavy (non-hydrogen) atoms. The van der Waals surface area contributed by atoms with Gasteiger partial charge in [-0.2, -0.15) is 5.10 Å². The van der Waals surface area contributed by atoms with Crippen LogP contribution in [0.5, 0.6) is 0 Å². The van der Waals surface area contributed by atoms with Crippen molar-refractivity contribution < 1.29 is 9.18 Å². The van der Waals surface area contributed by atoms with E-state index >= 15 is 0 Å². The standard InChI is InChI=1S/C23H19FN6OS/c1-16-6-8-19(9-7-16)30-22(17-10-12-25-13-11-17)28-29-23(30)32-15-21(31)27-26-14-18-4-2-3-5-20(18)24/h2-14H,15H2,1H3,(H,27,31). The predicted octanol–water partition coefficient (Wildman–Crippen LogP) is 4.02. The van der Waals surface area contributed by atoms with E-state index in [0.29, 0.717) is 16.5 Å². The van der Waals surface area contributed by atoms with E-state index in [-0.39, 0.29) is 11.7 Å². The number of nitrogens with zero attached hydrogens (tertiary/aromatic N) is 5. The molecule has 160 valence electrons. The molecule has 1 N–H and O–H groups in total. The lowest BCUT2D eigenvalue weighted by Crippen LogP contribution is -2.20. The van der Waals surface area contributed by atoms with Gasteiger partial charge in [-0.1, -0.05) is 47.7 Å². The first-order valence-corrected chi connectivity index (χ1v) is 10.7. The van der Waals surface area contributed by atoms with Crippen LogP contribution in [0.15, 0.2) is 83.3 Å². The topological polar surface area (TPSA) is 85.1 Å². The highest BCUT2D eigenvalue weighted by Crippen LogP contribution is 2.27. The van der Waals surface area contributed by atoms with E-state index in [1.54, 1.807) is 30.6 Å². The molecule has 4 aromatic rings. The van der Waals surface area contributed by atoms with E-state index in [1.165, 1.54) is 24.0 Å². The second-order valence-corrected chi connectivity index (χ2v) is 7.76. The van der Waals surface area contributed by atoms with E-state index in [1.807, 2.05) is 47.9 Å². The number of halogens is 1. The summed E-state index contributed by atoms with van der Waals surface area (Å²) in [5.74, 6) is -0.0347. The third kappa shape index (κ3) is 5.06. The van der Waals surface area contributed by atoms with Crippen molar-refractivity contribution in [1.82, 2.24) is 25.2 Å². The van der Waals surface area contributed by atoms with Gasteiger partial charge in [0.1, 0.15) is 5.82 Å². The van der Waals surface area contributed by atoms with Crippen LogP contribution >= 0.6 is 11.8 Å². The fourth-order valence-corrected chi connectivity index (χ4v) is 3.64. The molecular weight excluding hydrogens is 427 g/mol. The van der Waals surface area contributed by atoms with Gasteiger partial charge < -0.3 is 0 Å². The number of pyridine rings is 1. The molecule has 0 radical (unpaired) electrons. The highest BCUT2D eigenvalue weighted by Gasteiger charge is 2.17. The van der Waals surface area contributed by atoms with E-state index in [0.717, 1.165) is 16.8 Å². The molecule has 7 nitrogen and oxygen atoms in total. The third-order valence-corrected chi connectivity index (χ3v) is 5.42. The van der Waals surface area contributed by atoms with Crippen LogP contribution in [0.25, 0.3) is 17.1 Å². The maximum atomic E-state index is 13.6. The second-order valence-electron chi connectivity index (χ2n) is 6.82. The number of nitrogens with one attached hydrogen (secondary N) is 1. The fraction of sp³-hybridized carbons (Fsp3) is 0.0870. The van der Waals surface area contributed by atoms with Gasteiger partial charge in [-0.25, -0.2) is 9.82 Å². The zero-order valence-electron chi connectivity index (χ0n) is 17.1. The summed E-state index contributed by atoms with van der Waals surface area (Å²) in [6, 6.07) is 17.9. The third-order valence-electron chi connectivity index (χ3n) is 4.49. The Kier molecular flexibility index (Phi) is 6.66. The Hall–Kier alpha value is -3.85. The summed E-state index contributed by atoms with van der Waals surface area (Å²) in [4.78, 5) is 16.3. The van der Waals surface area contributed by atoms with E-state index in [9.17, 15) is 9.18 Å². The van der Waals surface area contributed by atoms with Crippen LogP contribution in [0.2, 0.25) is 0 Å². The molecular formula is C23H19FN6OS. The molecule has 0 saturated carbocycles. The number of amides is 1. The summed E-state index contributed by atoms with van der Waals surface area (Å²) in [5.41, 5.74) is 5.58. The van der Waals surface area contributed by atoms with Crippen molar-refractivity contribution in [2.45, 2.75) is 12.1 Å². The van der Waals surface area contributed by atoms with Gasteiger partial charge in [0, 0.05) is 29.2 Å². The van der Waals surface area contributed by atoms with Gasteiger partial charge in [0.2, 0.25) is 0 Å². The average Bonchev–Trinajstić information content (AvgIpc) is 3.24. The predicted molar refractivity (Wildman–Crippen MR) is 122 cm³/mol. The van der Waals surface area contributed by atoms with Crippen molar-refractivity contribution in [3.8, 4) is 17.1 Å². The van der Waals surface area contributed by atoms with Gasteiger partial charge >= 0.3 is 0 Å². The molecule has 2 heterocycles. The van der Waals surface area contributed by atoms with Crippen LogP contribution in [0.4, 0.5) is 4.39 Å². The Labute approximate surface area is 188 Å². The van der Waals surface area contributed by atoms with Crippen molar-refractivity contribution in [2.24, 2.45) is 5.10 Å². The summed E-state index contributed by atoms with van der Waals surface area (Å²) >= 11 is 1.23.